The van der Waals surface area contributed by atoms with Crippen molar-refractivity contribution < 1.29 is 9.18 Å². The van der Waals surface area contributed by atoms with E-state index in [1.807, 2.05) is 19.3 Å². The van der Waals surface area contributed by atoms with Crippen molar-refractivity contribution in [3.8, 4) is 0 Å². The number of amides is 1. The van der Waals surface area contributed by atoms with E-state index >= 15 is 0 Å². The van der Waals surface area contributed by atoms with Crippen molar-refractivity contribution in [2.24, 2.45) is 7.05 Å². The standard InChI is InChI=1S/C17H17FN4O/c1-21-9-7-13(20-21)15-6-3-8-22(15)17(23)11-10-19-14-5-2-4-12(18)16(11)14/h2,4-5,7,9-10,15,19H,3,6,8H2,1H3. The fourth-order valence-corrected chi connectivity index (χ4v) is 3.39. The first-order valence-corrected chi connectivity index (χ1v) is 7.71. The van der Waals surface area contributed by atoms with Crippen molar-refractivity contribution in [2.75, 3.05) is 6.54 Å². The zero-order valence-corrected chi connectivity index (χ0v) is 12.8. The van der Waals surface area contributed by atoms with Crippen LogP contribution < -0.4 is 0 Å². The normalized spacial score (nSPS) is 18.0. The van der Waals surface area contributed by atoms with Crippen molar-refractivity contribution in [1.82, 2.24) is 19.7 Å². The van der Waals surface area contributed by atoms with Crippen molar-refractivity contribution in [1.29, 1.82) is 0 Å². The van der Waals surface area contributed by atoms with Crippen LogP contribution in [0.3, 0.4) is 0 Å². The number of H-pyrrole nitrogens is 1. The van der Waals surface area contributed by atoms with Gasteiger partial charge in [-0.2, -0.15) is 5.10 Å². The molecule has 1 atom stereocenters. The van der Waals surface area contributed by atoms with Crippen molar-refractivity contribution in [3.63, 3.8) is 0 Å². The summed E-state index contributed by atoms with van der Waals surface area (Å²) in [6, 6.07) is 6.68. The number of aryl methyl sites for hydroxylation is 1. The maximum Gasteiger partial charge on any atom is 0.256 e. The lowest BCUT2D eigenvalue weighted by Gasteiger charge is -2.23. The van der Waals surface area contributed by atoms with E-state index in [1.54, 1.807) is 27.9 Å². The summed E-state index contributed by atoms with van der Waals surface area (Å²) in [7, 11) is 1.86. The molecule has 1 aliphatic heterocycles. The Hall–Kier alpha value is -2.63. The van der Waals surface area contributed by atoms with Gasteiger partial charge in [0.25, 0.3) is 5.91 Å². The molecule has 23 heavy (non-hydrogen) atoms. The molecule has 118 valence electrons. The average Bonchev–Trinajstić information content (AvgIpc) is 3.25. The number of fused-ring (bicyclic) bond motifs is 1. The number of hydrogen-bond acceptors (Lipinski definition) is 2. The van der Waals surface area contributed by atoms with Gasteiger partial charge in [0.05, 0.1) is 17.3 Å². The summed E-state index contributed by atoms with van der Waals surface area (Å²) in [5.74, 6) is -0.518. The number of benzene rings is 1. The van der Waals surface area contributed by atoms with Crippen LogP contribution in [0.2, 0.25) is 0 Å². The van der Waals surface area contributed by atoms with E-state index in [0.29, 0.717) is 23.0 Å². The maximum absolute atomic E-state index is 14.1. The minimum atomic E-state index is -0.374. The van der Waals surface area contributed by atoms with Gasteiger partial charge >= 0.3 is 0 Å². The Bertz CT molecular complexity index is 882. The fraction of sp³-hybridized carbons (Fsp3) is 0.294. The average molecular weight is 312 g/mol. The second-order valence-corrected chi connectivity index (χ2v) is 5.94. The fourth-order valence-electron chi connectivity index (χ4n) is 3.39. The van der Waals surface area contributed by atoms with Crippen LogP contribution in [0.15, 0.2) is 36.7 Å². The molecule has 0 saturated carbocycles. The minimum Gasteiger partial charge on any atom is -0.360 e. The number of aromatic nitrogens is 3. The highest BCUT2D eigenvalue weighted by atomic mass is 19.1. The lowest BCUT2D eigenvalue weighted by Crippen LogP contribution is -2.30. The first-order chi connectivity index (χ1) is 11.1. The van der Waals surface area contributed by atoms with Crippen LogP contribution in [0, 0.1) is 5.82 Å². The van der Waals surface area contributed by atoms with Crippen LogP contribution in [0.1, 0.15) is 34.9 Å². The Morgan fingerprint density at radius 3 is 3.04 bits per heavy atom. The summed E-state index contributed by atoms with van der Waals surface area (Å²) in [6.45, 7) is 0.668. The van der Waals surface area contributed by atoms with E-state index < -0.39 is 0 Å². The third-order valence-electron chi connectivity index (χ3n) is 4.47. The highest BCUT2D eigenvalue weighted by Crippen LogP contribution is 2.33. The first kappa shape index (κ1) is 14.0. The zero-order valence-electron chi connectivity index (χ0n) is 12.8. The van der Waals surface area contributed by atoms with Crippen molar-refractivity contribution in [2.45, 2.75) is 18.9 Å². The summed E-state index contributed by atoms with van der Waals surface area (Å²) < 4.78 is 15.9. The van der Waals surface area contributed by atoms with E-state index in [4.69, 9.17) is 0 Å². The number of rotatable bonds is 2. The number of aromatic amines is 1. The highest BCUT2D eigenvalue weighted by Gasteiger charge is 2.33. The number of carbonyl (C=O) groups is 1. The number of halogens is 1. The van der Waals surface area contributed by atoms with Gasteiger partial charge in [-0.3, -0.25) is 9.48 Å². The van der Waals surface area contributed by atoms with Crippen molar-refractivity contribution in [3.05, 3.63) is 53.7 Å². The minimum absolute atomic E-state index is 0.0413. The molecule has 3 aromatic rings. The predicted octanol–water partition coefficient (Wildman–Crippen LogP) is 3.02. The number of nitrogens with one attached hydrogen (secondary N) is 1. The van der Waals surface area contributed by atoms with E-state index in [2.05, 4.69) is 10.1 Å². The Morgan fingerprint density at radius 2 is 2.26 bits per heavy atom. The predicted molar refractivity (Wildman–Crippen MR) is 84.5 cm³/mol. The van der Waals surface area contributed by atoms with Crippen LogP contribution in [-0.4, -0.2) is 32.1 Å². The van der Waals surface area contributed by atoms with Crippen LogP contribution in [0.25, 0.3) is 10.9 Å². The Balaban J connectivity index is 1.72. The highest BCUT2D eigenvalue weighted by molar-refractivity contribution is 6.07. The number of nitrogens with zero attached hydrogens (tertiary/aromatic N) is 3. The molecule has 0 radical (unpaired) electrons. The van der Waals surface area contributed by atoms with Gasteiger partial charge in [-0.1, -0.05) is 6.07 Å². The van der Waals surface area contributed by atoms with Gasteiger partial charge in [0, 0.05) is 36.9 Å². The van der Waals surface area contributed by atoms with Crippen LogP contribution >= 0.6 is 0 Å². The second kappa shape index (κ2) is 5.22. The van der Waals surface area contributed by atoms with E-state index in [-0.39, 0.29) is 17.8 Å². The molecule has 4 rings (SSSR count). The molecule has 0 bridgehead atoms. The Kier molecular flexibility index (Phi) is 3.18. The number of carbonyl (C=O) groups excluding carboxylic acids is 1. The molecule has 5 nitrogen and oxygen atoms in total. The molecule has 1 saturated heterocycles. The summed E-state index contributed by atoms with van der Waals surface area (Å²) in [4.78, 5) is 17.8. The lowest BCUT2D eigenvalue weighted by molar-refractivity contribution is 0.0734. The van der Waals surface area contributed by atoms with Gasteiger partial charge in [0.15, 0.2) is 0 Å². The number of likely N-dealkylation sites (tertiary alicyclic amines) is 1. The molecule has 2 aromatic heterocycles. The van der Waals surface area contributed by atoms with Gasteiger partial charge in [0.1, 0.15) is 5.82 Å². The molecule has 1 aliphatic rings. The third kappa shape index (κ3) is 2.21. The van der Waals surface area contributed by atoms with Gasteiger partial charge in [-0.25, -0.2) is 4.39 Å². The van der Waals surface area contributed by atoms with Crippen LogP contribution in [0.5, 0.6) is 0 Å². The molecule has 0 spiro atoms. The third-order valence-corrected chi connectivity index (χ3v) is 4.47. The summed E-state index contributed by atoms with van der Waals surface area (Å²) in [5.41, 5.74) is 1.92. The van der Waals surface area contributed by atoms with E-state index in [0.717, 1.165) is 18.5 Å². The maximum atomic E-state index is 14.1. The monoisotopic (exact) mass is 312 g/mol. The molecule has 0 aliphatic carbocycles. The Labute approximate surface area is 132 Å². The molecule has 6 heteroatoms. The molecule has 1 amide bonds. The van der Waals surface area contributed by atoms with E-state index in [9.17, 15) is 9.18 Å². The topological polar surface area (TPSA) is 53.9 Å². The summed E-state index contributed by atoms with van der Waals surface area (Å²) >= 11 is 0. The molecular formula is C17H17FN4O. The largest absolute Gasteiger partial charge is 0.360 e. The quantitative estimate of drug-likeness (QED) is 0.791. The zero-order chi connectivity index (χ0) is 16.0. The molecule has 3 heterocycles. The number of hydrogen-bond donors (Lipinski definition) is 1. The van der Waals surface area contributed by atoms with Gasteiger partial charge in [-0.15, -0.1) is 0 Å². The molecule has 1 unspecified atom stereocenters. The Morgan fingerprint density at radius 1 is 1.39 bits per heavy atom. The molecule has 1 fully saturated rings. The first-order valence-electron chi connectivity index (χ1n) is 7.71. The van der Waals surface area contributed by atoms with Crippen molar-refractivity contribution >= 4 is 16.8 Å². The molecular weight excluding hydrogens is 295 g/mol. The smallest absolute Gasteiger partial charge is 0.256 e. The van der Waals surface area contributed by atoms with Gasteiger partial charge < -0.3 is 9.88 Å². The summed E-state index contributed by atoms with van der Waals surface area (Å²) in [5, 5.41) is 4.79. The van der Waals surface area contributed by atoms with Gasteiger partial charge in [0.2, 0.25) is 0 Å². The van der Waals surface area contributed by atoms with Crippen LogP contribution in [-0.2, 0) is 7.05 Å². The molecule has 1 aromatic carbocycles. The summed E-state index contributed by atoms with van der Waals surface area (Å²) in [6.07, 6.45) is 5.29. The van der Waals surface area contributed by atoms with Gasteiger partial charge in [-0.05, 0) is 31.0 Å². The van der Waals surface area contributed by atoms with Crippen LogP contribution in [0.4, 0.5) is 4.39 Å². The SMILES string of the molecule is Cn1ccc(C2CCCN2C(=O)c2c[nH]c3cccc(F)c23)n1. The lowest BCUT2D eigenvalue weighted by atomic mass is 10.1. The molecule has 1 N–H and O–H groups in total. The van der Waals surface area contributed by atoms with E-state index in [1.165, 1.54) is 6.07 Å². The second-order valence-electron chi connectivity index (χ2n) is 5.94.